The van der Waals surface area contributed by atoms with E-state index >= 15 is 0 Å². The number of phosphoric acid groups is 2. The van der Waals surface area contributed by atoms with Gasteiger partial charge in [-0.2, -0.15) is 4.31 Å². The third-order valence-corrected chi connectivity index (χ3v) is 13.0. The maximum atomic E-state index is 13.3. The van der Waals surface area contributed by atoms with Crippen molar-refractivity contribution in [3.05, 3.63) is 109 Å². The smallest absolute Gasteiger partial charge is 0.483 e. The van der Waals surface area contributed by atoms with E-state index in [0.29, 0.717) is 15.5 Å². The first kappa shape index (κ1) is 48.9. The van der Waals surface area contributed by atoms with Crippen LogP contribution in [0.2, 0.25) is 0 Å². The van der Waals surface area contributed by atoms with Gasteiger partial charge < -0.3 is 70.1 Å². The van der Waals surface area contributed by atoms with Gasteiger partial charge in [0.1, 0.15) is 59.8 Å². The van der Waals surface area contributed by atoms with Gasteiger partial charge in [-0.1, -0.05) is 6.07 Å². The highest BCUT2D eigenvalue weighted by Crippen LogP contribution is 2.61. The summed E-state index contributed by atoms with van der Waals surface area (Å²) >= 11 is 0. The molecule has 1 aromatic heterocycles. The molecular weight excluding hydrogens is 942 g/mol. The first-order valence-corrected chi connectivity index (χ1v) is 22.4. The fourth-order valence-electron chi connectivity index (χ4n) is 7.25. The quantitative estimate of drug-likeness (QED) is 0.0400. The molecular formula is C38H38N4O23P2. The first-order chi connectivity index (χ1) is 31.6. The van der Waals surface area contributed by atoms with Crippen LogP contribution in [0.25, 0.3) is 33.4 Å². The van der Waals surface area contributed by atoms with Crippen molar-refractivity contribution in [2.45, 2.75) is 55.2 Å². The molecule has 27 nitrogen and oxygen atoms in total. The second kappa shape index (κ2) is 19.3. The minimum Gasteiger partial charge on any atom is -0.508 e. The zero-order chi connectivity index (χ0) is 48.7. The molecule has 0 spiro atoms. The van der Waals surface area contributed by atoms with Crippen LogP contribution in [0.5, 0.6) is 5.75 Å². The van der Waals surface area contributed by atoms with Crippen LogP contribution in [0.15, 0.2) is 85.7 Å². The number of carboxylic acids is 1. The number of phosphoric ester groups is 2. The molecule has 7 rings (SSSR count). The fraction of sp³-hybridized carbons (Fsp3) is 0.316. The number of phenols is 1. The lowest BCUT2D eigenvalue weighted by Gasteiger charge is -2.42. The maximum Gasteiger partial charge on any atom is 0.483 e. The Morgan fingerprint density at radius 3 is 2.25 bits per heavy atom. The molecule has 0 radical (unpaired) electrons. The fourth-order valence-corrected chi connectivity index (χ4v) is 9.42. The molecule has 2 saturated heterocycles. The number of fused-ring (bicyclic) bond motifs is 2. The van der Waals surface area contributed by atoms with Gasteiger partial charge in [0, 0.05) is 46.5 Å². The highest BCUT2D eigenvalue weighted by Gasteiger charge is 2.50. The van der Waals surface area contributed by atoms with Gasteiger partial charge in [-0.05, 0) is 42.0 Å². The lowest BCUT2D eigenvalue weighted by Crippen LogP contribution is -2.65. The number of aromatic hydroxyl groups is 1. The van der Waals surface area contributed by atoms with E-state index in [2.05, 4.69) is 19.5 Å². The molecule has 1 aliphatic carbocycles. The summed E-state index contributed by atoms with van der Waals surface area (Å²) in [6, 6.07) is 10.2. The first-order valence-electron chi connectivity index (χ1n) is 19.4. The molecule has 12 N–H and O–H groups in total. The number of hydrogen-bond donors (Lipinski definition) is 12. The summed E-state index contributed by atoms with van der Waals surface area (Å²) in [5, 5.41) is 76.8. The van der Waals surface area contributed by atoms with Crippen LogP contribution in [-0.2, 0) is 36.8 Å². The van der Waals surface area contributed by atoms with Gasteiger partial charge in [0.2, 0.25) is 5.91 Å². The number of ether oxygens (including phenoxy) is 2. The number of nitrogens with one attached hydrogen (secondary N) is 3. The van der Waals surface area contributed by atoms with Crippen molar-refractivity contribution >= 4 is 44.4 Å². The third-order valence-electron chi connectivity index (χ3n) is 10.4. The van der Waals surface area contributed by atoms with Crippen LogP contribution in [0.1, 0.15) is 26.9 Å². The van der Waals surface area contributed by atoms with Crippen molar-refractivity contribution in [3.8, 4) is 28.2 Å². The molecule has 29 heteroatoms. The van der Waals surface area contributed by atoms with Crippen LogP contribution < -0.4 is 27.3 Å². The number of rotatable bonds is 15. The van der Waals surface area contributed by atoms with E-state index in [1.165, 1.54) is 48.5 Å². The number of carbonyl (C=O) groups is 3. The molecule has 2 unspecified atom stereocenters. The van der Waals surface area contributed by atoms with Crippen molar-refractivity contribution in [2.75, 3.05) is 19.8 Å². The molecule has 2 aromatic carbocycles. The molecule has 0 bridgehead atoms. The molecule has 3 aromatic rings. The van der Waals surface area contributed by atoms with Gasteiger partial charge in [-0.25, -0.2) is 18.7 Å². The number of aliphatic hydroxyl groups excluding tert-OH is 5. The zero-order valence-corrected chi connectivity index (χ0v) is 35.5. The minimum atomic E-state index is -5.92. The van der Waals surface area contributed by atoms with Crippen LogP contribution >= 0.6 is 15.6 Å². The Kier molecular flexibility index (Phi) is 14.1. The number of aromatic amines is 1. The van der Waals surface area contributed by atoms with E-state index in [9.17, 15) is 83.4 Å². The summed E-state index contributed by atoms with van der Waals surface area (Å²) in [4.78, 5) is 97.3. The number of aromatic carboxylic acids is 1. The van der Waals surface area contributed by atoms with Crippen LogP contribution in [0, 0.1) is 0 Å². The Hall–Kier alpha value is -6.00. The van der Waals surface area contributed by atoms with Gasteiger partial charge in [0.05, 0.1) is 25.3 Å². The van der Waals surface area contributed by atoms with Gasteiger partial charge in [0.25, 0.3) is 11.5 Å². The Labute approximate surface area is 372 Å². The van der Waals surface area contributed by atoms with E-state index in [0.717, 1.165) is 18.3 Å². The second-order valence-electron chi connectivity index (χ2n) is 14.8. The summed E-state index contributed by atoms with van der Waals surface area (Å²) in [5.41, 5.74) is -2.20. The summed E-state index contributed by atoms with van der Waals surface area (Å²) in [6.45, 7) is -3.15. The van der Waals surface area contributed by atoms with E-state index < -0.39 is 131 Å². The van der Waals surface area contributed by atoms with Crippen molar-refractivity contribution in [3.63, 3.8) is 0 Å². The Morgan fingerprint density at radius 1 is 0.836 bits per heavy atom. The lowest BCUT2D eigenvalue weighted by molar-refractivity contribution is -0.247. The maximum absolute atomic E-state index is 13.3. The van der Waals surface area contributed by atoms with E-state index in [-0.39, 0.29) is 33.8 Å². The minimum absolute atomic E-state index is 0.0669. The predicted octanol–water partition coefficient (Wildman–Crippen LogP) is -1.96. The highest BCUT2D eigenvalue weighted by molar-refractivity contribution is 7.61. The van der Waals surface area contributed by atoms with Crippen molar-refractivity contribution < 1.29 is 96.3 Å². The van der Waals surface area contributed by atoms with Crippen molar-refractivity contribution in [2.24, 2.45) is 0 Å². The average Bonchev–Trinajstić information content (AvgIpc) is 3.54. The van der Waals surface area contributed by atoms with Crippen LogP contribution in [0.3, 0.4) is 0 Å². The van der Waals surface area contributed by atoms with Gasteiger partial charge in [-0.15, -0.1) is 0 Å². The number of hydrogen-bond acceptors (Lipinski definition) is 20. The number of H-pyrrole nitrogens is 1. The van der Waals surface area contributed by atoms with Crippen molar-refractivity contribution in [1.82, 2.24) is 20.2 Å². The molecule has 4 heterocycles. The number of aliphatic hydroxyl groups is 5. The highest BCUT2D eigenvalue weighted by atomic mass is 31.3. The monoisotopic (exact) mass is 980 g/mol. The number of aromatic nitrogens is 2. The Bertz CT molecular complexity index is 2980. The van der Waals surface area contributed by atoms with Crippen molar-refractivity contribution in [1.29, 1.82) is 0 Å². The van der Waals surface area contributed by atoms with Gasteiger partial charge in [-0.3, -0.25) is 37.8 Å². The Balaban J connectivity index is 1.02. The van der Waals surface area contributed by atoms with E-state index in [1.54, 1.807) is 0 Å². The number of amides is 2. The third kappa shape index (κ3) is 10.6. The normalized spacial score (nSPS) is 25.9. The number of carbonyl (C=O) groups excluding carboxylic acids is 2. The number of phenolic OH excluding ortho intramolecular Hbond substituents is 1. The molecule has 67 heavy (non-hydrogen) atoms. The largest absolute Gasteiger partial charge is 0.508 e. The van der Waals surface area contributed by atoms with E-state index in [1.807, 2.05) is 4.98 Å². The molecule has 3 aliphatic heterocycles. The number of nitrogens with zero attached hydrogens (tertiary/aromatic N) is 1. The lowest BCUT2D eigenvalue weighted by atomic mass is 9.90. The molecule has 0 saturated carbocycles. The van der Waals surface area contributed by atoms with Crippen LogP contribution in [0.4, 0.5) is 0 Å². The second-order valence-corrected chi connectivity index (χ2v) is 17.8. The summed E-state index contributed by atoms with van der Waals surface area (Å²) in [6.07, 6.45) is -14.5. The number of benzene rings is 3. The Morgan fingerprint density at radius 2 is 1.55 bits per heavy atom. The zero-order valence-electron chi connectivity index (χ0n) is 33.8. The number of carboxylic acid groups (broad SMARTS) is 1. The summed E-state index contributed by atoms with van der Waals surface area (Å²) in [5.74, 6) is -3.83. The molecule has 2 fully saturated rings. The molecule has 2 amide bonds. The summed E-state index contributed by atoms with van der Waals surface area (Å²) in [7, 11) is -11.7. The predicted molar refractivity (Wildman–Crippen MR) is 220 cm³/mol. The summed E-state index contributed by atoms with van der Waals surface area (Å²) < 4.78 is 56.6. The standard InChI is InChI=1S/C38H38N4O23P2/c43-13-24-30(48)32(50)29(37(63-24)64-67(58,59)65-66(56,57)60-14-25-31(49)33(51)35(62-25)42-8-7-26(46)41-38(42)55)40-27(47)12-39-34(52)15-1-4-18(21(9-15)36(53)54)28-19-5-2-16(44)10-22(19)61-23-11-17(45)3-6-20(23)28/h1-11,24-25,29-33,35,37,43-44,48-51H,12-14H2,(H,39,52)(H,40,47)(H,53,54)(H,56,57)(H,58,59)(H,41,46,55)/t24-,25-,29-,30-,31-,32-,33-,35-,37-/m1/s1. The topological polar surface area (TPSA) is 423 Å². The molecule has 358 valence electrons. The average molecular weight is 981 g/mol. The molecule has 4 aliphatic rings. The van der Waals surface area contributed by atoms with Gasteiger partial charge >= 0.3 is 27.3 Å². The van der Waals surface area contributed by atoms with E-state index in [4.69, 9.17) is 18.4 Å². The van der Waals surface area contributed by atoms with Crippen LogP contribution in [-0.4, -0.2) is 142 Å². The molecule has 11 atom stereocenters. The SMILES string of the molecule is O=C(CNC(=O)c1ccc(-c2c3ccc(=O)cc-3oc3cc(O)ccc23)c(C(=O)O)c1)N[C@H]1[C@@H](OP(=O)(O)OP(=O)(O)OC[C@H]2O[C@@H](n3ccc(=O)[nH]c3=O)[C@H](O)[C@@H]2O)O[C@H](CO)[C@@H](O)[C@@H]1O. The van der Waals surface area contributed by atoms with Gasteiger partial charge in [0.15, 0.2) is 17.9 Å².